The molecular formula is C26H32N4O. The molecule has 1 aliphatic rings. The van der Waals surface area contributed by atoms with Crippen molar-refractivity contribution in [3.05, 3.63) is 53.3 Å². The number of amidine groups is 1. The number of aromatic nitrogens is 1. The average molecular weight is 417 g/mol. The van der Waals surface area contributed by atoms with Gasteiger partial charge in [-0.1, -0.05) is 18.1 Å². The summed E-state index contributed by atoms with van der Waals surface area (Å²) in [5.74, 6) is 6.69. The molecule has 2 aromatic rings. The third kappa shape index (κ3) is 5.59. The van der Waals surface area contributed by atoms with E-state index in [-0.39, 0.29) is 6.04 Å². The molecule has 1 atom stereocenters. The summed E-state index contributed by atoms with van der Waals surface area (Å²) in [6.45, 7) is 5.63. The maximum absolute atomic E-state index is 7.93. The van der Waals surface area contributed by atoms with Crippen molar-refractivity contribution in [2.45, 2.75) is 58.6 Å². The third-order valence-corrected chi connectivity index (χ3v) is 6.10. The summed E-state index contributed by atoms with van der Waals surface area (Å²) in [6, 6.07) is 8.45. The van der Waals surface area contributed by atoms with Crippen molar-refractivity contribution < 1.29 is 4.74 Å². The SMILES string of the molecule is CC#Cc1cncc(-c2ccc(C)c(C(/N=C(/N)C(C)=N)C3CCC(OC)CC3)c2)c1. The molecule has 1 unspecified atom stereocenters. The van der Waals surface area contributed by atoms with Gasteiger partial charge in [-0.3, -0.25) is 9.98 Å². The molecule has 5 nitrogen and oxygen atoms in total. The Balaban J connectivity index is 2.03. The van der Waals surface area contributed by atoms with Gasteiger partial charge >= 0.3 is 0 Å². The number of hydrogen-bond acceptors (Lipinski definition) is 4. The highest BCUT2D eigenvalue weighted by Crippen LogP contribution is 2.40. The first kappa shape index (κ1) is 22.7. The second-order valence-electron chi connectivity index (χ2n) is 8.27. The van der Waals surface area contributed by atoms with Crippen molar-refractivity contribution in [1.82, 2.24) is 4.98 Å². The number of rotatable bonds is 6. The largest absolute Gasteiger partial charge is 0.382 e. The highest BCUT2D eigenvalue weighted by molar-refractivity contribution is 6.38. The summed E-state index contributed by atoms with van der Waals surface area (Å²) in [5, 5.41) is 7.93. The molecule has 1 aromatic heterocycles. The maximum Gasteiger partial charge on any atom is 0.139 e. The van der Waals surface area contributed by atoms with Crippen LogP contribution in [-0.4, -0.2) is 29.7 Å². The number of methoxy groups -OCH3 is 1. The topological polar surface area (TPSA) is 84.4 Å². The minimum Gasteiger partial charge on any atom is -0.382 e. The van der Waals surface area contributed by atoms with Gasteiger partial charge in [0.05, 0.1) is 17.9 Å². The van der Waals surface area contributed by atoms with Gasteiger partial charge in [0.15, 0.2) is 0 Å². The summed E-state index contributed by atoms with van der Waals surface area (Å²) in [5.41, 5.74) is 11.8. The Morgan fingerprint density at radius 3 is 2.58 bits per heavy atom. The van der Waals surface area contributed by atoms with E-state index in [4.69, 9.17) is 20.9 Å². The highest BCUT2D eigenvalue weighted by atomic mass is 16.5. The van der Waals surface area contributed by atoms with E-state index in [9.17, 15) is 0 Å². The normalized spacial score (nSPS) is 19.9. The fourth-order valence-corrected chi connectivity index (χ4v) is 4.26. The zero-order valence-electron chi connectivity index (χ0n) is 18.9. The predicted octanol–water partition coefficient (Wildman–Crippen LogP) is 5.07. The van der Waals surface area contributed by atoms with Crippen LogP contribution in [0.15, 0.2) is 41.7 Å². The van der Waals surface area contributed by atoms with E-state index in [1.807, 2.05) is 13.1 Å². The van der Waals surface area contributed by atoms with Crippen LogP contribution in [0.1, 0.15) is 62.3 Å². The molecule has 31 heavy (non-hydrogen) atoms. The minimum absolute atomic E-state index is 0.0790. The molecule has 1 aromatic carbocycles. The number of ether oxygens (including phenoxy) is 1. The zero-order chi connectivity index (χ0) is 22.4. The lowest BCUT2D eigenvalue weighted by Crippen LogP contribution is -2.27. The molecule has 3 rings (SSSR count). The number of nitrogens with zero attached hydrogens (tertiary/aromatic N) is 2. The van der Waals surface area contributed by atoms with Crippen molar-refractivity contribution in [2.75, 3.05) is 7.11 Å². The number of hydrogen-bond donors (Lipinski definition) is 2. The maximum atomic E-state index is 7.93. The van der Waals surface area contributed by atoms with Crippen molar-refractivity contribution in [2.24, 2.45) is 16.6 Å². The Labute approximate surface area is 185 Å². The van der Waals surface area contributed by atoms with Crippen LogP contribution in [0.4, 0.5) is 0 Å². The monoisotopic (exact) mass is 416 g/mol. The van der Waals surface area contributed by atoms with E-state index in [2.05, 4.69) is 48.0 Å². The molecule has 1 aliphatic carbocycles. The van der Waals surface area contributed by atoms with Crippen LogP contribution in [0.3, 0.4) is 0 Å². The molecule has 1 saturated carbocycles. The Morgan fingerprint density at radius 1 is 1.19 bits per heavy atom. The number of benzene rings is 1. The fraction of sp³-hybridized carbons (Fsp3) is 0.423. The van der Waals surface area contributed by atoms with E-state index in [1.165, 1.54) is 5.56 Å². The molecular weight excluding hydrogens is 384 g/mol. The summed E-state index contributed by atoms with van der Waals surface area (Å²) >= 11 is 0. The van der Waals surface area contributed by atoms with Crippen molar-refractivity contribution in [3.63, 3.8) is 0 Å². The van der Waals surface area contributed by atoms with Crippen LogP contribution in [-0.2, 0) is 4.74 Å². The number of aliphatic imine (C=N–C) groups is 1. The third-order valence-electron chi connectivity index (χ3n) is 6.10. The summed E-state index contributed by atoms with van der Waals surface area (Å²) < 4.78 is 5.56. The van der Waals surface area contributed by atoms with Gasteiger partial charge in [-0.05, 0) is 81.2 Å². The molecule has 0 bridgehead atoms. The van der Waals surface area contributed by atoms with Crippen LogP contribution in [0, 0.1) is 30.1 Å². The molecule has 0 amide bonds. The number of nitrogens with one attached hydrogen (secondary N) is 1. The van der Waals surface area contributed by atoms with Gasteiger partial charge in [0.1, 0.15) is 5.84 Å². The summed E-state index contributed by atoms with van der Waals surface area (Å²) in [7, 11) is 1.79. The van der Waals surface area contributed by atoms with Gasteiger partial charge in [0.25, 0.3) is 0 Å². The van der Waals surface area contributed by atoms with Crippen molar-refractivity contribution >= 4 is 11.5 Å². The summed E-state index contributed by atoms with van der Waals surface area (Å²) in [4.78, 5) is 9.22. The second kappa shape index (κ2) is 10.4. The van der Waals surface area contributed by atoms with Crippen molar-refractivity contribution in [3.8, 4) is 23.0 Å². The van der Waals surface area contributed by atoms with E-state index >= 15 is 0 Å². The number of aryl methyl sites for hydroxylation is 1. The molecule has 162 valence electrons. The predicted molar refractivity (Wildman–Crippen MR) is 127 cm³/mol. The van der Waals surface area contributed by atoms with Gasteiger partial charge in [0, 0.05) is 30.6 Å². The van der Waals surface area contributed by atoms with Gasteiger partial charge in [-0.2, -0.15) is 0 Å². The lowest BCUT2D eigenvalue weighted by molar-refractivity contribution is 0.0528. The van der Waals surface area contributed by atoms with Crippen LogP contribution < -0.4 is 5.73 Å². The van der Waals surface area contributed by atoms with Crippen LogP contribution in [0.2, 0.25) is 0 Å². The fourth-order valence-electron chi connectivity index (χ4n) is 4.26. The van der Waals surface area contributed by atoms with Gasteiger partial charge in [-0.15, -0.1) is 5.92 Å². The molecule has 0 aliphatic heterocycles. The lowest BCUT2D eigenvalue weighted by Gasteiger charge is -2.32. The first-order valence-corrected chi connectivity index (χ1v) is 10.8. The van der Waals surface area contributed by atoms with E-state index in [0.29, 0.717) is 23.6 Å². The Hall–Kier alpha value is -2.97. The molecule has 0 spiro atoms. The minimum atomic E-state index is -0.0790. The summed E-state index contributed by atoms with van der Waals surface area (Å²) in [6.07, 6.45) is 8.09. The first-order valence-electron chi connectivity index (χ1n) is 10.8. The molecule has 0 saturated heterocycles. The average Bonchev–Trinajstić information content (AvgIpc) is 2.78. The van der Waals surface area contributed by atoms with Crippen LogP contribution in [0.5, 0.6) is 0 Å². The molecule has 5 heteroatoms. The van der Waals surface area contributed by atoms with Crippen molar-refractivity contribution in [1.29, 1.82) is 5.41 Å². The molecule has 3 N–H and O–H groups in total. The van der Waals surface area contributed by atoms with Crippen LogP contribution in [0.25, 0.3) is 11.1 Å². The van der Waals surface area contributed by atoms with Gasteiger partial charge in [-0.25, -0.2) is 0 Å². The smallest absolute Gasteiger partial charge is 0.139 e. The Kier molecular flexibility index (Phi) is 7.59. The zero-order valence-corrected chi connectivity index (χ0v) is 18.9. The lowest BCUT2D eigenvalue weighted by atomic mass is 9.78. The number of pyridine rings is 1. The quantitative estimate of drug-likeness (QED) is 0.392. The van der Waals surface area contributed by atoms with E-state index in [1.54, 1.807) is 20.2 Å². The van der Waals surface area contributed by atoms with Gasteiger partial charge in [0.2, 0.25) is 0 Å². The van der Waals surface area contributed by atoms with E-state index in [0.717, 1.165) is 47.9 Å². The van der Waals surface area contributed by atoms with Crippen LogP contribution >= 0.6 is 0 Å². The first-order chi connectivity index (χ1) is 14.9. The highest BCUT2D eigenvalue weighted by Gasteiger charge is 2.30. The van der Waals surface area contributed by atoms with Gasteiger partial charge < -0.3 is 15.9 Å². The standard InChI is InChI=1S/C26H32N4O/c1-5-6-19-13-22(16-29-15-19)21-8-7-17(2)24(14-21)25(30-26(28)18(3)27)20-9-11-23(31-4)12-10-20/h7-8,13-16,20,23,25,27H,9-12H2,1-4H3,(H2,28,30). The molecule has 1 heterocycles. The Bertz CT molecular complexity index is 1020. The Morgan fingerprint density at radius 2 is 1.94 bits per heavy atom. The second-order valence-corrected chi connectivity index (χ2v) is 8.27. The number of nitrogens with two attached hydrogens (primary N) is 1. The van der Waals surface area contributed by atoms with E-state index < -0.39 is 0 Å². The molecule has 0 radical (unpaired) electrons. The molecule has 1 fully saturated rings.